The van der Waals surface area contributed by atoms with Gasteiger partial charge in [0.05, 0.1) is 6.26 Å². The van der Waals surface area contributed by atoms with Gasteiger partial charge in [0.1, 0.15) is 12.4 Å². The van der Waals surface area contributed by atoms with Crippen LogP contribution in [0.15, 0.2) is 52.1 Å². The van der Waals surface area contributed by atoms with Crippen LogP contribution in [0.5, 0.6) is 0 Å². The maximum Gasteiger partial charge on any atom is 0.190 e. The summed E-state index contributed by atoms with van der Waals surface area (Å²) in [5.74, 6) is 1.67. The van der Waals surface area contributed by atoms with E-state index in [-0.39, 0.29) is 24.0 Å². The highest BCUT2D eigenvalue weighted by Crippen LogP contribution is 2.21. The molecular weight excluding hydrogens is 467 g/mol. The van der Waals surface area contributed by atoms with Gasteiger partial charge in [-0.05, 0) is 43.5 Å². The number of hydrogen-bond acceptors (Lipinski definition) is 3. The number of benzene rings is 1. The molecule has 0 aliphatic carbocycles. The SMILES string of the molecule is CN=C(NCCCOCc1ccco1)NCCc1c(C)[nH]c2ccccc12.I. The van der Waals surface area contributed by atoms with Gasteiger partial charge in [-0.1, -0.05) is 18.2 Å². The molecule has 0 amide bonds. The van der Waals surface area contributed by atoms with Gasteiger partial charge in [0.25, 0.3) is 0 Å². The van der Waals surface area contributed by atoms with Gasteiger partial charge in [0.15, 0.2) is 5.96 Å². The Bertz CT molecular complexity index is 859. The highest BCUT2D eigenvalue weighted by Gasteiger charge is 2.07. The first kappa shape index (κ1) is 22.3. The number of guanidine groups is 1. The number of aromatic amines is 1. The molecule has 0 fully saturated rings. The fraction of sp³-hybridized carbons (Fsp3) is 0.381. The Hall–Kier alpha value is -2.00. The average molecular weight is 496 g/mol. The van der Waals surface area contributed by atoms with Gasteiger partial charge in [-0.15, -0.1) is 24.0 Å². The lowest BCUT2D eigenvalue weighted by atomic mass is 10.1. The van der Waals surface area contributed by atoms with Crippen LogP contribution in [0.25, 0.3) is 10.9 Å². The Balaban J connectivity index is 0.00000280. The van der Waals surface area contributed by atoms with Gasteiger partial charge in [-0.3, -0.25) is 4.99 Å². The van der Waals surface area contributed by atoms with Crippen molar-refractivity contribution in [2.45, 2.75) is 26.4 Å². The van der Waals surface area contributed by atoms with Gasteiger partial charge in [-0.25, -0.2) is 0 Å². The molecule has 7 heteroatoms. The molecule has 0 aliphatic rings. The lowest BCUT2D eigenvalue weighted by molar-refractivity contribution is 0.105. The minimum Gasteiger partial charge on any atom is -0.467 e. The van der Waals surface area contributed by atoms with Gasteiger partial charge in [0, 0.05) is 43.3 Å². The summed E-state index contributed by atoms with van der Waals surface area (Å²) in [6.07, 6.45) is 3.51. The van der Waals surface area contributed by atoms with E-state index in [1.165, 1.54) is 22.2 Å². The zero-order valence-corrected chi connectivity index (χ0v) is 18.8. The average Bonchev–Trinajstić information content (AvgIpc) is 3.30. The Morgan fingerprint density at radius 1 is 1.14 bits per heavy atom. The Kier molecular flexibility index (Phi) is 9.36. The molecule has 152 valence electrons. The molecule has 0 saturated heterocycles. The fourth-order valence-electron chi connectivity index (χ4n) is 3.13. The third-order valence-electron chi connectivity index (χ3n) is 4.50. The Morgan fingerprint density at radius 2 is 1.96 bits per heavy atom. The van der Waals surface area contributed by atoms with Crippen LogP contribution >= 0.6 is 24.0 Å². The largest absolute Gasteiger partial charge is 0.467 e. The van der Waals surface area contributed by atoms with Crippen LogP contribution in [0.1, 0.15) is 23.4 Å². The number of furan rings is 1. The minimum atomic E-state index is 0. The molecule has 1 aromatic carbocycles. The first-order chi connectivity index (χ1) is 13.3. The number of nitrogens with zero attached hydrogens (tertiary/aromatic N) is 1. The summed E-state index contributed by atoms with van der Waals surface area (Å²) in [7, 11) is 1.79. The van der Waals surface area contributed by atoms with Crippen molar-refractivity contribution >= 4 is 40.8 Å². The molecule has 2 heterocycles. The first-order valence-corrected chi connectivity index (χ1v) is 9.38. The Labute approximate surface area is 183 Å². The van der Waals surface area contributed by atoms with Crippen LogP contribution in [0, 0.1) is 6.92 Å². The third-order valence-corrected chi connectivity index (χ3v) is 4.50. The molecule has 0 unspecified atom stereocenters. The Morgan fingerprint density at radius 3 is 2.75 bits per heavy atom. The van der Waals surface area contributed by atoms with Crippen molar-refractivity contribution in [3.05, 3.63) is 59.7 Å². The van der Waals surface area contributed by atoms with E-state index in [2.05, 4.69) is 51.8 Å². The van der Waals surface area contributed by atoms with Crippen molar-refractivity contribution in [2.75, 3.05) is 26.7 Å². The van der Waals surface area contributed by atoms with E-state index < -0.39 is 0 Å². The van der Waals surface area contributed by atoms with E-state index in [9.17, 15) is 0 Å². The second kappa shape index (κ2) is 11.8. The number of aryl methyl sites for hydroxylation is 1. The topological polar surface area (TPSA) is 74.6 Å². The number of para-hydroxylation sites is 1. The zero-order chi connectivity index (χ0) is 18.9. The molecule has 0 aliphatic heterocycles. The summed E-state index contributed by atoms with van der Waals surface area (Å²) >= 11 is 0. The van der Waals surface area contributed by atoms with Gasteiger partial charge >= 0.3 is 0 Å². The van der Waals surface area contributed by atoms with Gasteiger partial charge in [-0.2, -0.15) is 0 Å². The van der Waals surface area contributed by atoms with Crippen LogP contribution in [0.2, 0.25) is 0 Å². The van der Waals surface area contributed by atoms with Crippen LogP contribution in [0.4, 0.5) is 0 Å². The van der Waals surface area contributed by atoms with E-state index in [0.717, 1.165) is 37.7 Å². The predicted octanol–water partition coefficient (Wildman–Crippen LogP) is 4.00. The van der Waals surface area contributed by atoms with E-state index in [1.807, 2.05) is 12.1 Å². The second-order valence-corrected chi connectivity index (χ2v) is 6.44. The number of aromatic nitrogens is 1. The first-order valence-electron chi connectivity index (χ1n) is 9.38. The monoisotopic (exact) mass is 496 g/mol. The molecule has 3 N–H and O–H groups in total. The lowest BCUT2D eigenvalue weighted by Gasteiger charge is -2.12. The van der Waals surface area contributed by atoms with Crippen molar-refractivity contribution in [1.82, 2.24) is 15.6 Å². The molecular formula is C21H29IN4O2. The number of H-pyrrole nitrogens is 1. The summed E-state index contributed by atoms with van der Waals surface area (Å²) in [6.45, 7) is 4.97. The van der Waals surface area contributed by atoms with Crippen LogP contribution in [-0.4, -0.2) is 37.7 Å². The lowest BCUT2D eigenvalue weighted by Crippen LogP contribution is -2.39. The number of ether oxygens (including phenoxy) is 1. The number of aliphatic imine (C=N–C) groups is 1. The highest BCUT2D eigenvalue weighted by atomic mass is 127. The molecule has 2 aromatic heterocycles. The van der Waals surface area contributed by atoms with E-state index >= 15 is 0 Å². The van der Waals surface area contributed by atoms with E-state index in [1.54, 1.807) is 13.3 Å². The molecule has 3 aromatic rings. The standard InChI is InChI=1S/C21H28N4O2.HI/c1-16-18(19-8-3-4-9-20(19)25-16)10-12-24-21(22-2)23-11-6-13-26-15-17-7-5-14-27-17;/h3-5,7-9,14,25H,6,10-13,15H2,1-2H3,(H2,22,23,24);1H. The molecule has 0 saturated carbocycles. The second-order valence-electron chi connectivity index (χ2n) is 6.44. The smallest absolute Gasteiger partial charge is 0.190 e. The van der Waals surface area contributed by atoms with Gasteiger partial charge in [0.2, 0.25) is 0 Å². The highest BCUT2D eigenvalue weighted by molar-refractivity contribution is 14.0. The molecule has 3 rings (SSSR count). The maximum atomic E-state index is 5.58. The van der Waals surface area contributed by atoms with E-state index in [4.69, 9.17) is 9.15 Å². The maximum absolute atomic E-state index is 5.58. The predicted molar refractivity (Wildman–Crippen MR) is 125 cm³/mol. The summed E-state index contributed by atoms with van der Waals surface area (Å²) < 4.78 is 10.8. The normalized spacial score (nSPS) is 11.4. The molecule has 28 heavy (non-hydrogen) atoms. The number of fused-ring (bicyclic) bond motifs is 1. The number of hydrogen-bond donors (Lipinski definition) is 3. The van der Waals surface area contributed by atoms with Gasteiger partial charge < -0.3 is 24.8 Å². The van der Waals surface area contributed by atoms with Crippen LogP contribution in [0.3, 0.4) is 0 Å². The van der Waals surface area contributed by atoms with Crippen LogP contribution < -0.4 is 10.6 Å². The molecule has 0 radical (unpaired) electrons. The van der Waals surface area contributed by atoms with Crippen molar-refractivity contribution < 1.29 is 9.15 Å². The van der Waals surface area contributed by atoms with Crippen LogP contribution in [-0.2, 0) is 17.8 Å². The summed E-state index contributed by atoms with van der Waals surface area (Å²) in [5.41, 5.74) is 3.79. The number of rotatable bonds is 9. The van der Waals surface area contributed by atoms with E-state index in [0.29, 0.717) is 13.2 Å². The summed E-state index contributed by atoms with van der Waals surface area (Å²) in [4.78, 5) is 7.73. The number of halogens is 1. The quantitative estimate of drug-likeness (QED) is 0.181. The minimum absolute atomic E-state index is 0. The van der Waals surface area contributed by atoms with Crippen molar-refractivity contribution in [1.29, 1.82) is 0 Å². The third kappa shape index (κ3) is 6.27. The summed E-state index contributed by atoms with van der Waals surface area (Å²) in [6, 6.07) is 12.2. The molecule has 6 nitrogen and oxygen atoms in total. The number of nitrogens with one attached hydrogen (secondary N) is 3. The molecule has 0 bridgehead atoms. The molecule has 0 atom stereocenters. The summed E-state index contributed by atoms with van der Waals surface area (Å²) in [5, 5.41) is 8.00. The van der Waals surface area contributed by atoms with Crippen molar-refractivity contribution in [3.63, 3.8) is 0 Å². The zero-order valence-electron chi connectivity index (χ0n) is 16.5. The van der Waals surface area contributed by atoms with Crippen molar-refractivity contribution in [2.24, 2.45) is 4.99 Å². The molecule has 0 spiro atoms. The van der Waals surface area contributed by atoms with Crippen molar-refractivity contribution in [3.8, 4) is 0 Å². The fourth-order valence-corrected chi connectivity index (χ4v) is 3.13.